The van der Waals surface area contributed by atoms with Gasteiger partial charge in [-0.1, -0.05) is 19.9 Å². The quantitative estimate of drug-likeness (QED) is 0.813. The van der Waals surface area contributed by atoms with E-state index in [-0.39, 0.29) is 11.5 Å². The van der Waals surface area contributed by atoms with Crippen molar-refractivity contribution in [1.82, 2.24) is 9.88 Å². The van der Waals surface area contributed by atoms with Gasteiger partial charge in [-0.2, -0.15) is 0 Å². The molecule has 4 aliphatic rings. The van der Waals surface area contributed by atoms with Gasteiger partial charge < -0.3 is 4.90 Å². The Kier molecular flexibility index (Phi) is 3.40. The number of amides is 1. The smallest absolute Gasteiger partial charge is 0.229 e. The highest BCUT2D eigenvalue weighted by atomic mass is 16.2. The normalized spacial score (nSPS) is 41.2. The van der Waals surface area contributed by atoms with E-state index < -0.39 is 0 Å². The molecule has 0 spiro atoms. The number of rotatable bonds is 3. The molecule has 130 valence electrons. The van der Waals surface area contributed by atoms with Gasteiger partial charge in [0.2, 0.25) is 5.91 Å². The van der Waals surface area contributed by atoms with Crippen LogP contribution >= 0.6 is 0 Å². The lowest BCUT2D eigenvalue weighted by Gasteiger charge is -2.65. The van der Waals surface area contributed by atoms with E-state index in [9.17, 15) is 4.79 Å². The van der Waals surface area contributed by atoms with Crippen molar-refractivity contribution in [3.05, 3.63) is 30.1 Å². The van der Waals surface area contributed by atoms with Crippen LogP contribution in [0.4, 0.5) is 0 Å². The number of nitrogens with zero attached hydrogens (tertiary/aromatic N) is 2. The molecular formula is C21H30N2O. The first-order valence-corrected chi connectivity index (χ1v) is 9.43. The minimum atomic E-state index is -0.124. The summed E-state index contributed by atoms with van der Waals surface area (Å²) in [6.45, 7) is 6.96. The molecule has 0 radical (unpaired) electrons. The maximum absolute atomic E-state index is 13.6. The number of carbonyl (C=O) groups excluding carboxylic acids is 1. The molecule has 1 heterocycles. The summed E-state index contributed by atoms with van der Waals surface area (Å²) in [7, 11) is 1.98. The largest absolute Gasteiger partial charge is 0.337 e. The maximum Gasteiger partial charge on any atom is 0.229 e. The third kappa shape index (κ3) is 2.39. The summed E-state index contributed by atoms with van der Waals surface area (Å²) < 4.78 is 0. The fourth-order valence-electron chi connectivity index (χ4n) is 7.06. The minimum Gasteiger partial charge on any atom is -0.337 e. The van der Waals surface area contributed by atoms with Gasteiger partial charge in [0.15, 0.2) is 0 Å². The van der Waals surface area contributed by atoms with Crippen molar-refractivity contribution in [2.45, 2.75) is 65.3 Å². The zero-order valence-electron chi connectivity index (χ0n) is 15.5. The van der Waals surface area contributed by atoms with Crippen molar-refractivity contribution in [3.8, 4) is 0 Å². The van der Waals surface area contributed by atoms with Crippen LogP contribution in [0.1, 0.15) is 71.0 Å². The van der Waals surface area contributed by atoms with E-state index in [1.807, 2.05) is 36.3 Å². The third-order valence-electron chi connectivity index (χ3n) is 7.10. The molecule has 0 saturated heterocycles. The molecular weight excluding hydrogens is 296 g/mol. The zero-order chi connectivity index (χ0) is 17.2. The molecule has 1 aromatic rings. The molecule has 3 nitrogen and oxygen atoms in total. The van der Waals surface area contributed by atoms with Crippen molar-refractivity contribution in [2.75, 3.05) is 7.05 Å². The van der Waals surface area contributed by atoms with Gasteiger partial charge in [0.1, 0.15) is 0 Å². The molecule has 3 heteroatoms. The zero-order valence-corrected chi connectivity index (χ0v) is 15.5. The summed E-state index contributed by atoms with van der Waals surface area (Å²) in [5.74, 6) is 1.11. The summed E-state index contributed by atoms with van der Waals surface area (Å²) >= 11 is 0. The highest BCUT2D eigenvalue weighted by Crippen LogP contribution is 2.69. The maximum atomic E-state index is 13.6. The van der Waals surface area contributed by atoms with Gasteiger partial charge in [-0.3, -0.25) is 9.78 Å². The lowest BCUT2D eigenvalue weighted by molar-refractivity contribution is -0.180. The number of hydrogen-bond acceptors (Lipinski definition) is 2. The fourth-order valence-corrected chi connectivity index (χ4v) is 7.06. The SMILES string of the molecule is C[C@H](c1ccccn1)N(C)C(=O)C12CC3C[C@@](C)(C1)C[C@@](C)(C3)C2. The van der Waals surface area contributed by atoms with Gasteiger partial charge in [0, 0.05) is 13.2 Å². The van der Waals surface area contributed by atoms with Crippen LogP contribution in [0, 0.1) is 22.2 Å². The fraction of sp³-hybridized carbons (Fsp3) is 0.714. The topological polar surface area (TPSA) is 33.2 Å². The van der Waals surface area contributed by atoms with E-state index in [1.165, 1.54) is 19.3 Å². The van der Waals surface area contributed by atoms with Gasteiger partial charge in [-0.15, -0.1) is 0 Å². The van der Waals surface area contributed by atoms with Gasteiger partial charge in [0.05, 0.1) is 17.2 Å². The standard InChI is InChI=1S/C21H30N2O/c1-15(17-7-5-6-8-22-17)23(4)18(24)21-11-16-9-19(2,13-21)12-20(3,10-16)14-21/h5-8,15-16H,9-14H2,1-4H3/t15-,16?,19-,20-,21?/m1/s1. The first-order chi connectivity index (χ1) is 11.2. The number of pyridine rings is 1. The Balaban J connectivity index is 1.62. The van der Waals surface area contributed by atoms with E-state index in [0.717, 1.165) is 30.9 Å². The van der Waals surface area contributed by atoms with E-state index in [2.05, 4.69) is 25.8 Å². The lowest BCUT2D eigenvalue weighted by atomic mass is 9.40. The Morgan fingerprint density at radius 2 is 1.83 bits per heavy atom. The summed E-state index contributed by atoms with van der Waals surface area (Å²) in [5, 5.41) is 0. The molecule has 4 fully saturated rings. The summed E-state index contributed by atoms with van der Waals surface area (Å²) in [6.07, 6.45) is 9.07. The molecule has 24 heavy (non-hydrogen) atoms. The van der Waals surface area contributed by atoms with Gasteiger partial charge >= 0.3 is 0 Å². The van der Waals surface area contributed by atoms with Crippen molar-refractivity contribution >= 4 is 5.91 Å². The second kappa shape index (κ2) is 5.06. The second-order valence-corrected chi connectivity index (χ2v) is 9.76. The summed E-state index contributed by atoms with van der Waals surface area (Å²) in [4.78, 5) is 20.0. The van der Waals surface area contributed by atoms with Crippen LogP contribution in [0.15, 0.2) is 24.4 Å². The predicted molar refractivity (Wildman–Crippen MR) is 95.3 cm³/mol. The van der Waals surface area contributed by atoms with Crippen LogP contribution < -0.4 is 0 Å². The Morgan fingerprint density at radius 3 is 2.38 bits per heavy atom. The van der Waals surface area contributed by atoms with Gasteiger partial charge in [0.25, 0.3) is 0 Å². The Bertz CT molecular complexity index is 637. The van der Waals surface area contributed by atoms with Crippen molar-refractivity contribution in [2.24, 2.45) is 22.2 Å². The van der Waals surface area contributed by atoms with Crippen LogP contribution in [0.3, 0.4) is 0 Å². The van der Waals surface area contributed by atoms with Crippen LogP contribution in [0.25, 0.3) is 0 Å². The molecule has 3 atom stereocenters. The first-order valence-electron chi connectivity index (χ1n) is 9.43. The molecule has 0 aliphatic heterocycles. The highest BCUT2D eigenvalue weighted by Gasteiger charge is 2.63. The second-order valence-electron chi connectivity index (χ2n) is 9.76. The van der Waals surface area contributed by atoms with Crippen molar-refractivity contribution < 1.29 is 4.79 Å². The Labute approximate surface area is 145 Å². The number of carbonyl (C=O) groups is 1. The van der Waals surface area contributed by atoms with Crippen molar-refractivity contribution in [1.29, 1.82) is 0 Å². The molecule has 1 aromatic heterocycles. The molecule has 0 unspecified atom stereocenters. The van der Waals surface area contributed by atoms with Crippen molar-refractivity contribution in [3.63, 3.8) is 0 Å². The van der Waals surface area contributed by atoms with E-state index in [0.29, 0.717) is 16.7 Å². The van der Waals surface area contributed by atoms with Crippen LogP contribution in [-0.2, 0) is 4.79 Å². The monoisotopic (exact) mass is 326 g/mol. The predicted octanol–water partition coefficient (Wildman–Crippen LogP) is 4.60. The lowest BCUT2D eigenvalue weighted by Crippen LogP contribution is -2.60. The number of hydrogen-bond donors (Lipinski definition) is 0. The molecule has 5 rings (SSSR count). The number of aromatic nitrogens is 1. The van der Waals surface area contributed by atoms with Crippen LogP contribution in [0.2, 0.25) is 0 Å². The summed E-state index contributed by atoms with van der Waals surface area (Å²) in [5.41, 5.74) is 1.61. The van der Waals surface area contributed by atoms with E-state index in [4.69, 9.17) is 0 Å². The molecule has 4 bridgehead atoms. The van der Waals surface area contributed by atoms with E-state index in [1.54, 1.807) is 0 Å². The summed E-state index contributed by atoms with van der Waals surface area (Å²) in [6, 6.07) is 5.99. The minimum absolute atomic E-state index is 0.0346. The third-order valence-corrected chi connectivity index (χ3v) is 7.10. The average Bonchev–Trinajstić information content (AvgIpc) is 2.50. The molecule has 0 aromatic carbocycles. The van der Waals surface area contributed by atoms with Crippen LogP contribution in [-0.4, -0.2) is 22.8 Å². The van der Waals surface area contributed by atoms with E-state index >= 15 is 0 Å². The molecule has 1 amide bonds. The Morgan fingerprint density at radius 1 is 1.17 bits per heavy atom. The molecule has 4 saturated carbocycles. The van der Waals surface area contributed by atoms with Gasteiger partial charge in [-0.05, 0) is 74.3 Å². The molecule has 0 N–H and O–H groups in total. The highest BCUT2D eigenvalue weighted by molar-refractivity contribution is 5.83. The Hall–Kier alpha value is -1.38. The van der Waals surface area contributed by atoms with Crippen LogP contribution in [0.5, 0.6) is 0 Å². The average molecular weight is 326 g/mol. The molecule has 4 aliphatic carbocycles. The van der Waals surface area contributed by atoms with Gasteiger partial charge in [-0.25, -0.2) is 0 Å². The first kappa shape index (κ1) is 16.1.